The van der Waals surface area contributed by atoms with E-state index in [1.165, 1.54) is 12.1 Å². The van der Waals surface area contributed by atoms with Gasteiger partial charge >= 0.3 is 6.09 Å². The summed E-state index contributed by atoms with van der Waals surface area (Å²) in [6, 6.07) is 5.96. The fourth-order valence-electron chi connectivity index (χ4n) is 2.50. The highest BCUT2D eigenvalue weighted by atomic mass is 19.1. The minimum Gasteiger partial charge on any atom is -0.444 e. The summed E-state index contributed by atoms with van der Waals surface area (Å²) in [7, 11) is 0. The van der Waals surface area contributed by atoms with Crippen LogP contribution >= 0.6 is 0 Å². The molecule has 116 valence electrons. The van der Waals surface area contributed by atoms with Crippen LogP contribution in [0.25, 0.3) is 0 Å². The number of ether oxygens (including phenoxy) is 1. The Bertz CT molecular complexity index is 512. The number of benzene rings is 1. The molecule has 0 saturated carbocycles. The Morgan fingerprint density at radius 2 is 2.19 bits per heavy atom. The number of aliphatic hydroxyl groups excluding tert-OH is 1. The lowest BCUT2D eigenvalue weighted by Crippen LogP contribution is -2.35. The molecule has 0 aromatic heterocycles. The summed E-state index contributed by atoms with van der Waals surface area (Å²) in [5.41, 5.74) is 0.0159. The number of aliphatic hydroxyl groups is 1. The number of nitrogens with zero attached hydrogens (tertiary/aromatic N) is 1. The summed E-state index contributed by atoms with van der Waals surface area (Å²) < 4.78 is 18.5. The van der Waals surface area contributed by atoms with Gasteiger partial charge in [-0.05, 0) is 44.9 Å². The van der Waals surface area contributed by atoms with Crippen LogP contribution in [0.5, 0.6) is 0 Å². The Labute approximate surface area is 124 Å². The van der Waals surface area contributed by atoms with Crippen molar-refractivity contribution in [1.29, 1.82) is 0 Å². The third kappa shape index (κ3) is 4.17. The summed E-state index contributed by atoms with van der Waals surface area (Å²) in [6.45, 7) is 6.43. The van der Waals surface area contributed by atoms with E-state index in [-0.39, 0.29) is 17.8 Å². The van der Waals surface area contributed by atoms with Crippen LogP contribution in [0.3, 0.4) is 0 Å². The normalized spacial score (nSPS) is 20.4. The molecule has 0 bridgehead atoms. The van der Waals surface area contributed by atoms with Gasteiger partial charge < -0.3 is 14.7 Å². The van der Waals surface area contributed by atoms with E-state index >= 15 is 0 Å². The molecule has 1 saturated heterocycles. The second kappa shape index (κ2) is 6.02. The first-order chi connectivity index (χ1) is 9.76. The van der Waals surface area contributed by atoms with Crippen molar-refractivity contribution in [3.05, 3.63) is 35.6 Å². The number of likely N-dealkylation sites (tertiary alicyclic amines) is 1. The average molecular weight is 295 g/mol. The molecule has 2 rings (SSSR count). The Balaban J connectivity index is 1.97. The monoisotopic (exact) mass is 295 g/mol. The predicted molar refractivity (Wildman–Crippen MR) is 77.3 cm³/mol. The zero-order valence-electron chi connectivity index (χ0n) is 12.7. The predicted octanol–water partition coefficient (Wildman–Crippen LogP) is 3.12. The SMILES string of the molecule is CC(C)(C)OC(=O)N1CCC(C(O)c2cccc(F)c2)C1. The van der Waals surface area contributed by atoms with Crippen LogP contribution < -0.4 is 0 Å². The van der Waals surface area contributed by atoms with Crippen LogP contribution in [0.1, 0.15) is 38.9 Å². The fourth-order valence-corrected chi connectivity index (χ4v) is 2.50. The standard InChI is InChI=1S/C16H22FNO3/c1-16(2,3)21-15(20)18-8-7-12(10-18)14(19)11-5-4-6-13(17)9-11/h4-6,9,12,14,19H,7-8,10H2,1-3H3. The summed E-state index contributed by atoms with van der Waals surface area (Å²) in [4.78, 5) is 13.6. The molecule has 1 fully saturated rings. The minimum atomic E-state index is -0.770. The van der Waals surface area contributed by atoms with Crippen molar-refractivity contribution >= 4 is 6.09 Å². The third-order valence-electron chi connectivity index (χ3n) is 3.51. The molecule has 1 aromatic carbocycles. The molecule has 0 spiro atoms. The van der Waals surface area contributed by atoms with Crippen LogP contribution in [-0.4, -0.2) is 34.8 Å². The summed E-state index contributed by atoms with van der Waals surface area (Å²) >= 11 is 0. The van der Waals surface area contributed by atoms with Gasteiger partial charge in [-0.25, -0.2) is 9.18 Å². The quantitative estimate of drug-likeness (QED) is 0.912. The second-order valence-electron chi connectivity index (χ2n) is 6.47. The van der Waals surface area contributed by atoms with Crippen LogP contribution in [0, 0.1) is 11.7 Å². The van der Waals surface area contributed by atoms with Crippen LogP contribution in [0.2, 0.25) is 0 Å². The zero-order valence-corrected chi connectivity index (χ0v) is 12.7. The molecule has 2 atom stereocenters. The first kappa shape index (κ1) is 15.8. The van der Waals surface area contributed by atoms with Gasteiger partial charge in [0, 0.05) is 19.0 Å². The van der Waals surface area contributed by atoms with E-state index in [0.29, 0.717) is 25.1 Å². The molecule has 2 unspecified atom stereocenters. The fraction of sp³-hybridized carbons (Fsp3) is 0.562. The molecule has 4 nitrogen and oxygen atoms in total. The average Bonchev–Trinajstić information content (AvgIpc) is 2.85. The number of hydrogen-bond acceptors (Lipinski definition) is 3. The van der Waals surface area contributed by atoms with Crippen molar-refractivity contribution < 1.29 is 19.0 Å². The minimum absolute atomic E-state index is 0.0979. The van der Waals surface area contributed by atoms with Crippen molar-refractivity contribution in [2.24, 2.45) is 5.92 Å². The maximum Gasteiger partial charge on any atom is 0.410 e. The van der Waals surface area contributed by atoms with E-state index in [0.717, 1.165) is 0 Å². The number of halogens is 1. The van der Waals surface area contributed by atoms with E-state index in [4.69, 9.17) is 4.74 Å². The smallest absolute Gasteiger partial charge is 0.410 e. The topological polar surface area (TPSA) is 49.8 Å². The maximum atomic E-state index is 13.2. The van der Waals surface area contributed by atoms with Crippen LogP contribution in [0.4, 0.5) is 9.18 Å². The van der Waals surface area contributed by atoms with E-state index in [9.17, 15) is 14.3 Å². The van der Waals surface area contributed by atoms with Gasteiger partial charge in [-0.2, -0.15) is 0 Å². The Kier molecular flexibility index (Phi) is 4.52. The van der Waals surface area contributed by atoms with Gasteiger partial charge in [-0.15, -0.1) is 0 Å². The molecule has 0 radical (unpaired) electrons. The summed E-state index contributed by atoms with van der Waals surface area (Å²) in [5.74, 6) is -0.465. The molecular weight excluding hydrogens is 273 g/mol. The number of amides is 1. The first-order valence-corrected chi connectivity index (χ1v) is 7.18. The highest BCUT2D eigenvalue weighted by molar-refractivity contribution is 5.68. The molecule has 1 amide bonds. The summed E-state index contributed by atoms with van der Waals surface area (Å²) in [5, 5.41) is 10.3. The third-order valence-corrected chi connectivity index (χ3v) is 3.51. The molecule has 1 aromatic rings. The highest BCUT2D eigenvalue weighted by Crippen LogP contribution is 2.31. The van der Waals surface area contributed by atoms with Gasteiger partial charge in [0.25, 0.3) is 0 Å². The van der Waals surface area contributed by atoms with Gasteiger partial charge in [0.2, 0.25) is 0 Å². The lowest BCUT2D eigenvalue weighted by Gasteiger charge is -2.25. The van der Waals surface area contributed by atoms with Gasteiger partial charge in [-0.1, -0.05) is 12.1 Å². The number of carbonyl (C=O) groups excluding carboxylic acids is 1. The van der Waals surface area contributed by atoms with Crippen molar-refractivity contribution in [2.45, 2.75) is 38.9 Å². The Morgan fingerprint density at radius 3 is 2.81 bits per heavy atom. The van der Waals surface area contributed by atoms with Crippen LogP contribution in [-0.2, 0) is 4.74 Å². The molecule has 1 aliphatic heterocycles. The van der Waals surface area contributed by atoms with Gasteiger partial charge in [0.05, 0.1) is 6.10 Å². The highest BCUT2D eigenvalue weighted by Gasteiger charge is 2.33. The lowest BCUT2D eigenvalue weighted by molar-refractivity contribution is 0.0268. The van der Waals surface area contributed by atoms with Gasteiger partial charge in [0.1, 0.15) is 11.4 Å². The number of rotatable bonds is 2. The van der Waals surface area contributed by atoms with E-state index in [1.807, 2.05) is 20.8 Å². The second-order valence-corrected chi connectivity index (χ2v) is 6.47. The first-order valence-electron chi connectivity index (χ1n) is 7.18. The molecule has 0 aliphatic carbocycles. The van der Waals surface area contributed by atoms with E-state index in [2.05, 4.69) is 0 Å². The van der Waals surface area contributed by atoms with Gasteiger partial charge in [-0.3, -0.25) is 0 Å². The molecule has 1 heterocycles. The molecular formula is C16H22FNO3. The zero-order chi connectivity index (χ0) is 15.6. The maximum absolute atomic E-state index is 13.2. The van der Waals surface area contributed by atoms with Crippen molar-refractivity contribution in [1.82, 2.24) is 4.90 Å². The molecule has 1 N–H and O–H groups in total. The number of carbonyl (C=O) groups is 1. The van der Waals surface area contributed by atoms with E-state index < -0.39 is 11.7 Å². The molecule has 5 heteroatoms. The van der Waals surface area contributed by atoms with Crippen molar-refractivity contribution in [3.63, 3.8) is 0 Å². The van der Waals surface area contributed by atoms with Crippen molar-refractivity contribution in [3.8, 4) is 0 Å². The van der Waals surface area contributed by atoms with Gasteiger partial charge in [0.15, 0.2) is 0 Å². The molecule has 21 heavy (non-hydrogen) atoms. The largest absolute Gasteiger partial charge is 0.444 e. The molecule has 1 aliphatic rings. The van der Waals surface area contributed by atoms with Crippen LogP contribution in [0.15, 0.2) is 24.3 Å². The Hall–Kier alpha value is -1.62. The lowest BCUT2D eigenvalue weighted by atomic mass is 9.95. The summed E-state index contributed by atoms with van der Waals surface area (Å²) in [6.07, 6.45) is -0.457. The van der Waals surface area contributed by atoms with E-state index in [1.54, 1.807) is 17.0 Å². The Morgan fingerprint density at radius 1 is 1.48 bits per heavy atom. The number of hydrogen-bond donors (Lipinski definition) is 1. The van der Waals surface area contributed by atoms with Crippen molar-refractivity contribution in [2.75, 3.05) is 13.1 Å².